The molecule has 0 aromatic rings. The van der Waals surface area contributed by atoms with Gasteiger partial charge >= 0.3 is 37.7 Å². The van der Waals surface area contributed by atoms with Crippen LogP contribution in [-0.2, 0) is 4.79 Å². The maximum Gasteiger partial charge on any atom is 2.00 e. The third kappa shape index (κ3) is 31.0. The molecule has 0 radical (unpaired) electrons. The van der Waals surface area contributed by atoms with E-state index >= 15 is 0 Å². The Bertz CT molecular complexity index is 307. The van der Waals surface area contributed by atoms with Crippen molar-refractivity contribution >= 4 is 43.7 Å². The van der Waals surface area contributed by atoms with Crippen molar-refractivity contribution in [2.24, 2.45) is 0 Å². The van der Waals surface area contributed by atoms with Crippen molar-refractivity contribution in [1.82, 2.24) is 0 Å². The molecule has 29 heavy (non-hydrogen) atoms. The summed E-state index contributed by atoms with van der Waals surface area (Å²) in [7, 11) is 0. The second-order valence-corrected chi connectivity index (χ2v) is 8.90. The molecule has 0 bridgehead atoms. The number of carboxylic acid groups (broad SMARTS) is 1. The van der Waals surface area contributed by atoms with Crippen LogP contribution in [0.25, 0.3) is 0 Å². The Morgan fingerprint density at radius 1 is 0.448 bits per heavy atom. The smallest absolute Gasteiger partial charge is 0.550 e. The molecule has 0 aliphatic carbocycles. The first-order valence-corrected chi connectivity index (χ1v) is 13.0. The van der Waals surface area contributed by atoms with Gasteiger partial charge in [0.15, 0.2) is 0 Å². The molecule has 0 saturated carbocycles. The number of unbranched alkanes of at least 4 members (excludes halogenated alkanes) is 22. The van der Waals surface area contributed by atoms with Crippen molar-refractivity contribution in [1.29, 1.82) is 0 Å². The van der Waals surface area contributed by atoms with Crippen LogP contribution in [0.15, 0.2) is 0 Å². The summed E-state index contributed by atoms with van der Waals surface area (Å²) in [6, 6.07) is 0. The van der Waals surface area contributed by atoms with Gasteiger partial charge in [0.2, 0.25) is 0 Å². The van der Waals surface area contributed by atoms with Crippen LogP contribution < -0.4 is 5.11 Å². The molecular weight excluding hydrogens is 384 g/mol. The maximum absolute atomic E-state index is 10.3. The topological polar surface area (TPSA) is 40.1 Å². The van der Waals surface area contributed by atoms with E-state index in [1.165, 1.54) is 135 Å². The summed E-state index contributed by atoms with van der Waals surface area (Å²) in [6.45, 7) is 2.29. The third-order valence-corrected chi connectivity index (χ3v) is 5.98. The fourth-order valence-corrected chi connectivity index (χ4v) is 4.05. The quantitative estimate of drug-likeness (QED) is 0.115. The summed E-state index contributed by atoms with van der Waals surface area (Å²) in [5.74, 6) is -0.900. The fraction of sp³-hybridized carbons (Fsp3) is 0.962. The molecule has 0 aromatic heterocycles. The normalized spacial score (nSPS) is 10.8. The van der Waals surface area contributed by atoms with Gasteiger partial charge in [-0.15, -0.1) is 0 Å². The maximum atomic E-state index is 10.3. The molecule has 3 heteroatoms. The van der Waals surface area contributed by atoms with Crippen LogP contribution in [0.2, 0.25) is 0 Å². The van der Waals surface area contributed by atoms with E-state index in [1.807, 2.05) is 0 Å². The first-order valence-electron chi connectivity index (χ1n) is 13.0. The number of carbonyl (C=O) groups is 1. The van der Waals surface area contributed by atoms with Crippen molar-refractivity contribution in [3.8, 4) is 0 Å². The molecule has 0 amide bonds. The van der Waals surface area contributed by atoms with E-state index in [9.17, 15) is 9.90 Å². The van der Waals surface area contributed by atoms with Crippen LogP contribution in [0.4, 0.5) is 0 Å². The van der Waals surface area contributed by atoms with Gasteiger partial charge < -0.3 is 9.90 Å². The summed E-state index contributed by atoms with van der Waals surface area (Å²) < 4.78 is 0. The molecule has 0 aliphatic heterocycles. The third-order valence-electron chi connectivity index (χ3n) is 5.98. The predicted octanol–water partition coefficient (Wildman–Crippen LogP) is 7.74. The van der Waals surface area contributed by atoms with Crippen molar-refractivity contribution in [2.75, 3.05) is 0 Å². The molecule has 0 atom stereocenters. The van der Waals surface area contributed by atoms with Crippen LogP contribution in [-0.4, -0.2) is 43.7 Å². The van der Waals surface area contributed by atoms with Crippen LogP contribution in [0.3, 0.4) is 0 Å². The minimum atomic E-state index is -0.900. The largest absolute Gasteiger partial charge is 2.00 e. The Kier molecular flexibility index (Phi) is 31.6. The zero-order chi connectivity index (χ0) is 20.5. The molecule has 0 unspecified atom stereocenters. The Morgan fingerprint density at radius 2 is 0.655 bits per heavy atom. The van der Waals surface area contributed by atoms with Gasteiger partial charge in [0.05, 0.1) is 0 Å². The summed E-state index contributed by atoms with van der Waals surface area (Å²) in [5, 5.41) is 10.3. The van der Waals surface area contributed by atoms with Gasteiger partial charge in [-0.05, 0) is 12.8 Å². The number of hydrogen-bond donors (Lipinski definition) is 0. The second kappa shape index (κ2) is 28.7. The Hall–Kier alpha value is 0.730. The number of carboxylic acids is 1. The zero-order valence-corrected chi connectivity index (χ0v) is 22.2. The number of carbonyl (C=O) groups excluding carboxylic acids is 1. The van der Waals surface area contributed by atoms with Gasteiger partial charge in [-0.25, -0.2) is 0 Å². The summed E-state index contributed by atoms with van der Waals surface area (Å²) in [5.41, 5.74) is 0. The molecule has 0 heterocycles. The van der Waals surface area contributed by atoms with E-state index in [1.54, 1.807) is 0 Å². The average molecular weight is 436 g/mol. The SMILES string of the molecule is CCCCCCCCCCCCCCCCCCCCCCCCCC(=O)[O-].[Ca+2]. The van der Waals surface area contributed by atoms with Gasteiger partial charge in [-0.3, -0.25) is 0 Å². The van der Waals surface area contributed by atoms with E-state index in [-0.39, 0.29) is 44.2 Å². The van der Waals surface area contributed by atoms with E-state index in [2.05, 4.69) is 6.92 Å². The zero-order valence-electron chi connectivity index (χ0n) is 20.0. The van der Waals surface area contributed by atoms with Crippen molar-refractivity contribution in [3.63, 3.8) is 0 Å². The van der Waals surface area contributed by atoms with Gasteiger partial charge in [0, 0.05) is 5.97 Å². The minimum absolute atomic E-state index is 0. The molecule has 0 aromatic carbocycles. The van der Waals surface area contributed by atoms with Crippen LogP contribution >= 0.6 is 0 Å². The number of rotatable bonds is 24. The van der Waals surface area contributed by atoms with Crippen molar-refractivity contribution in [3.05, 3.63) is 0 Å². The van der Waals surface area contributed by atoms with Gasteiger partial charge in [0.1, 0.15) is 0 Å². The number of aliphatic carboxylic acids is 1. The molecule has 0 spiro atoms. The molecule has 0 aliphatic rings. The summed E-state index contributed by atoms with van der Waals surface area (Å²) in [4.78, 5) is 10.3. The second-order valence-electron chi connectivity index (χ2n) is 8.90. The van der Waals surface area contributed by atoms with Gasteiger partial charge in [0.25, 0.3) is 0 Å². The summed E-state index contributed by atoms with van der Waals surface area (Å²) >= 11 is 0. The van der Waals surface area contributed by atoms with Crippen molar-refractivity contribution < 1.29 is 9.90 Å². The van der Waals surface area contributed by atoms with Gasteiger partial charge in [-0.1, -0.05) is 148 Å². The molecule has 2 nitrogen and oxygen atoms in total. The molecule has 0 N–H and O–H groups in total. The summed E-state index contributed by atoms with van der Waals surface area (Å²) in [6.07, 6.45) is 31.7. The van der Waals surface area contributed by atoms with E-state index in [0.29, 0.717) is 0 Å². The molecule has 0 saturated heterocycles. The molecule has 0 fully saturated rings. The van der Waals surface area contributed by atoms with E-state index in [0.717, 1.165) is 12.8 Å². The minimum Gasteiger partial charge on any atom is -0.550 e. The van der Waals surface area contributed by atoms with Crippen LogP contribution in [0.5, 0.6) is 0 Å². The van der Waals surface area contributed by atoms with Gasteiger partial charge in [-0.2, -0.15) is 0 Å². The average Bonchev–Trinajstić information content (AvgIpc) is 2.68. The first-order chi connectivity index (χ1) is 13.8. The van der Waals surface area contributed by atoms with Crippen molar-refractivity contribution in [2.45, 2.75) is 161 Å². The Labute approximate surface area is 213 Å². The molecular formula is C26H51CaO2+. The van der Waals surface area contributed by atoms with E-state index in [4.69, 9.17) is 0 Å². The fourth-order valence-electron chi connectivity index (χ4n) is 4.05. The first kappa shape index (κ1) is 31.9. The Morgan fingerprint density at radius 3 is 0.862 bits per heavy atom. The Balaban J connectivity index is 0. The molecule has 168 valence electrons. The van der Waals surface area contributed by atoms with E-state index < -0.39 is 5.97 Å². The standard InChI is InChI=1S/C26H52O2.Ca/c1-2-3-4-5-6-7-8-9-10-11-12-13-14-15-16-17-18-19-20-21-22-23-24-25-26(27)28;/h2-25H2,1H3,(H,27,28);/q;+2/p-1. The predicted molar refractivity (Wildman–Crippen MR) is 127 cm³/mol. The number of hydrogen-bond acceptors (Lipinski definition) is 2. The van der Waals surface area contributed by atoms with Crippen LogP contribution in [0.1, 0.15) is 161 Å². The van der Waals surface area contributed by atoms with Crippen LogP contribution in [0, 0.1) is 0 Å². The molecule has 0 rings (SSSR count). The monoisotopic (exact) mass is 435 g/mol.